The van der Waals surface area contributed by atoms with Crippen molar-refractivity contribution in [1.82, 2.24) is 0 Å². The molecule has 0 bridgehead atoms. The highest BCUT2D eigenvalue weighted by Crippen LogP contribution is 2.23. The average molecular weight is 232 g/mol. The molecular weight excluding hydrogens is 220 g/mol. The van der Waals surface area contributed by atoms with Crippen LogP contribution in [-0.2, 0) is 6.42 Å². The zero-order chi connectivity index (χ0) is 12.8. The average Bonchev–Trinajstić information content (AvgIpc) is 2.46. The van der Waals surface area contributed by atoms with Crippen molar-refractivity contribution < 1.29 is 0 Å². The van der Waals surface area contributed by atoms with Gasteiger partial charge in [-0.2, -0.15) is 10.5 Å². The standard InChI is InChI=1S/C16H12N2/c17-11-14-8-4-5-9-16(14)15(12-18)10-13-6-2-1-3-7-13/h1-9,15H,10H2. The van der Waals surface area contributed by atoms with Crippen LogP contribution in [0.5, 0.6) is 0 Å². The Hall–Kier alpha value is -2.58. The number of hydrogen-bond donors (Lipinski definition) is 0. The van der Waals surface area contributed by atoms with Gasteiger partial charge in [0.15, 0.2) is 0 Å². The predicted octanol–water partition coefficient (Wildman–Crippen LogP) is 3.41. The van der Waals surface area contributed by atoms with E-state index in [1.165, 1.54) is 0 Å². The van der Waals surface area contributed by atoms with Crippen LogP contribution >= 0.6 is 0 Å². The third-order valence-electron chi connectivity index (χ3n) is 2.90. The molecular formula is C16H12N2. The molecule has 2 heteroatoms. The molecule has 0 fully saturated rings. The van der Waals surface area contributed by atoms with E-state index in [4.69, 9.17) is 5.26 Å². The Bertz CT molecular complexity index is 603. The summed E-state index contributed by atoms with van der Waals surface area (Å²) < 4.78 is 0. The number of nitriles is 2. The number of hydrogen-bond acceptors (Lipinski definition) is 2. The minimum Gasteiger partial charge on any atom is -0.198 e. The molecule has 0 saturated heterocycles. The fraction of sp³-hybridized carbons (Fsp3) is 0.125. The summed E-state index contributed by atoms with van der Waals surface area (Å²) in [4.78, 5) is 0. The first-order valence-corrected chi connectivity index (χ1v) is 5.77. The molecule has 0 aliphatic rings. The van der Waals surface area contributed by atoms with Gasteiger partial charge in [0, 0.05) is 0 Å². The molecule has 0 aliphatic heterocycles. The maximum atomic E-state index is 9.30. The zero-order valence-electron chi connectivity index (χ0n) is 9.88. The molecule has 0 saturated carbocycles. The molecule has 2 aromatic rings. The van der Waals surface area contributed by atoms with Gasteiger partial charge in [0.25, 0.3) is 0 Å². The van der Waals surface area contributed by atoms with E-state index in [0.29, 0.717) is 12.0 Å². The van der Waals surface area contributed by atoms with Crippen molar-refractivity contribution in [2.24, 2.45) is 0 Å². The normalized spacial score (nSPS) is 11.2. The summed E-state index contributed by atoms with van der Waals surface area (Å²) in [5, 5.41) is 18.4. The van der Waals surface area contributed by atoms with Crippen LogP contribution in [0.4, 0.5) is 0 Å². The Morgan fingerprint density at radius 1 is 0.889 bits per heavy atom. The van der Waals surface area contributed by atoms with E-state index in [9.17, 15) is 5.26 Å². The second-order valence-corrected chi connectivity index (χ2v) is 4.07. The summed E-state index contributed by atoms with van der Waals surface area (Å²) in [6, 6.07) is 21.6. The molecule has 0 aliphatic carbocycles. The van der Waals surface area contributed by atoms with Gasteiger partial charge < -0.3 is 0 Å². The van der Waals surface area contributed by atoms with Crippen LogP contribution in [0.2, 0.25) is 0 Å². The topological polar surface area (TPSA) is 47.6 Å². The first-order chi connectivity index (χ1) is 8.85. The minimum atomic E-state index is -0.275. The van der Waals surface area contributed by atoms with Gasteiger partial charge in [0.05, 0.1) is 23.6 Å². The molecule has 86 valence electrons. The van der Waals surface area contributed by atoms with Crippen molar-refractivity contribution in [2.75, 3.05) is 0 Å². The predicted molar refractivity (Wildman–Crippen MR) is 69.7 cm³/mol. The van der Waals surface area contributed by atoms with Crippen molar-refractivity contribution in [3.8, 4) is 12.1 Å². The molecule has 2 aromatic carbocycles. The molecule has 0 heterocycles. The van der Waals surface area contributed by atoms with E-state index in [0.717, 1.165) is 11.1 Å². The van der Waals surface area contributed by atoms with Crippen molar-refractivity contribution in [3.05, 3.63) is 71.3 Å². The molecule has 2 nitrogen and oxygen atoms in total. The van der Waals surface area contributed by atoms with E-state index >= 15 is 0 Å². The van der Waals surface area contributed by atoms with E-state index < -0.39 is 0 Å². The third-order valence-corrected chi connectivity index (χ3v) is 2.90. The SMILES string of the molecule is N#Cc1ccccc1C(C#N)Cc1ccccc1. The van der Waals surface area contributed by atoms with Crippen molar-refractivity contribution in [3.63, 3.8) is 0 Å². The Morgan fingerprint density at radius 3 is 2.22 bits per heavy atom. The lowest BCUT2D eigenvalue weighted by Gasteiger charge is -2.10. The van der Waals surface area contributed by atoms with Crippen LogP contribution in [0, 0.1) is 22.7 Å². The van der Waals surface area contributed by atoms with Crippen molar-refractivity contribution >= 4 is 0 Å². The van der Waals surface area contributed by atoms with Crippen LogP contribution < -0.4 is 0 Å². The molecule has 18 heavy (non-hydrogen) atoms. The lowest BCUT2D eigenvalue weighted by molar-refractivity contribution is 0.846. The van der Waals surface area contributed by atoms with Gasteiger partial charge in [-0.25, -0.2) is 0 Å². The highest BCUT2D eigenvalue weighted by Gasteiger charge is 2.14. The fourth-order valence-corrected chi connectivity index (χ4v) is 1.98. The number of benzene rings is 2. The smallest absolute Gasteiger partial charge is 0.0995 e. The van der Waals surface area contributed by atoms with Gasteiger partial charge in [-0.15, -0.1) is 0 Å². The molecule has 0 radical (unpaired) electrons. The van der Waals surface area contributed by atoms with Crippen LogP contribution in [0.1, 0.15) is 22.6 Å². The summed E-state index contributed by atoms with van der Waals surface area (Å²) >= 11 is 0. The van der Waals surface area contributed by atoms with E-state index in [2.05, 4.69) is 12.1 Å². The van der Waals surface area contributed by atoms with E-state index in [1.54, 1.807) is 6.07 Å². The quantitative estimate of drug-likeness (QED) is 0.814. The summed E-state index contributed by atoms with van der Waals surface area (Å²) in [7, 11) is 0. The Morgan fingerprint density at radius 2 is 1.56 bits per heavy atom. The first kappa shape index (κ1) is 11.9. The lowest BCUT2D eigenvalue weighted by Crippen LogP contribution is -2.02. The number of nitrogens with zero attached hydrogens (tertiary/aromatic N) is 2. The van der Waals surface area contributed by atoms with Gasteiger partial charge in [-0.1, -0.05) is 48.5 Å². The number of rotatable bonds is 3. The molecule has 1 atom stereocenters. The summed E-state index contributed by atoms with van der Waals surface area (Å²) in [5.41, 5.74) is 2.50. The van der Waals surface area contributed by atoms with E-state index in [1.807, 2.05) is 48.5 Å². The molecule has 2 rings (SSSR count). The molecule has 0 aromatic heterocycles. The second kappa shape index (κ2) is 5.66. The first-order valence-electron chi connectivity index (χ1n) is 5.77. The van der Waals surface area contributed by atoms with Crippen LogP contribution in [-0.4, -0.2) is 0 Å². The zero-order valence-corrected chi connectivity index (χ0v) is 9.88. The molecule has 1 unspecified atom stereocenters. The summed E-state index contributed by atoms with van der Waals surface area (Å²) in [5.74, 6) is -0.275. The highest BCUT2D eigenvalue weighted by atomic mass is 14.3. The van der Waals surface area contributed by atoms with Gasteiger partial charge in [0.1, 0.15) is 0 Å². The van der Waals surface area contributed by atoms with Gasteiger partial charge in [-0.05, 0) is 23.6 Å². The minimum absolute atomic E-state index is 0.275. The van der Waals surface area contributed by atoms with Crippen LogP contribution in [0.3, 0.4) is 0 Å². The lowest BCUT2D eigenvalue weighted by atomic mass is 9.90. The van der Waals surface area contributed by atoms with E-state index in [-0.39, 0.29) is 5.92 Å². The van der Waals surface area contributed by atoms with Crippen molar-refractivity contribution in [1.29, 1.82) is 10.5 Å². The summed E-state index contributed by atoms with van der Waals surface area (Å²) in [6.07, 6.45) is 0.635. The Kier molecular flexibility index (Phi) is 3.74. The maximum Gasteiger partial charge on any atom is 0.0995 e. The fourth-order valence-electron chi connectivity index (χ4n) is 1.98. The maximum absolute atomic E-state index is 9.30. The second-order valence-electron chi connectivity index (χ2n) is 4.07. The molecule has 0 amide bonds. The third kappa shape index (κ3) is 2.56. The van der Waals surface area contributed by atoms with Gasteiger partial charge in [-0.3, -0.25) is 0 Å². The van der Waals surface area contributed by atoms with Crippen molar-refractivity contribution in [2.45, 2.75) is 12.3 Å². The Balaban J connectivity index is 2.30. The van der Waals surface area contributed by atoms with Crippen LogP contribution in [0.25, 0.3) is 0 Å². The summed E-state index contributed by atoms with van der Waals surface area (Å²) in [6.45, 7) is 0. The largest absolute Gasteiger partial charge is 0.198 e. The van der Waals surface area contributed by atoms with Gasteiger partial charge in [0.2, 0.25) is 0 Å². The monoisotopic (exact) mass is 232 g/mol. The van der Waals surface area contributed by atoms with Gasteiger partial charge >= 0.3 is 0 Å². The Labute approximate surface area is 107 Å². The highest BCUT2D eigenvalue weighted by molar-refractivity contribution is 5.42. The molecule has 0 N–H and O–H groups in total. The van der Waals surface area contributed by atoms with Crippen LogP contribution in [0.15, 0.2) is 54.6 Å². The molecule has 0 spiro atoms.